The van der Waals surface area contributed by atoms with E-state index in [2.05, 4.69) is 47.0 Å². The third-order valence-corrected chi connectivity index (χ3v) is 13.2. The van der Waals surface area contributed by atoms with E-state index in [9.17, 15) is 0 Å². The number of hydrogen-bond acceptors (Lipinski definition) is 3. The van der Waals surface area contributed by atoms with E-state index in [1.807, 2.05) is 11.4 Å². The molecule has 5 heteroatoms. The lowest BCUT2D eigenvalue weighted by Gasteiger charge is -2.36. The van der Waals surface area contributed by atoms with E-state index in [-0.39, 0.29) is 6.10 Å². The van der Waals surface area contributed by atoms with Gasteiger partial charge in [-0.1, -0.05) is 135 Å². The van der Waals surface area contributed by atoms with Gasteiger partial charge in [0.25, 0.3) is 0 Å². The van der Waals surface area contributed by atoms with E-state index < -0.39 is 17.1 Å². The topological polar surface area (TPSA) is 27.7 Å². The predicted octanol–water partition coefficient (Wildman–Crippen LogP) is 10.5. The summed E-state index contributed by atoms with van der Waals surface area (Å²) in [4.78, 5) is 0. The van der Waals surface area contributed by atoms with Crippen LogP contribution in [0.3, 0.4) is 0 Å². The van der Waals surface area contributed by atoms with Crippen LogP contribution in [-0.2, 0) is 13.0 Å². The zero-order valence-electron chi connectivity index (χ0n) is 24.5. The molecule has 0 saturated heterocycles. The molecule has 0 aromatic carbocycles. The van der Waals surface area contributed by atoms with Gasteiger partial charge < -0.3 is 13.0 Å². The second-order valence-electron chi connectivity index (χ2n) is 10.7. The van der Waals surface area contributed by atoms with Crippen molar-refractivity contribution in [2.75, 3.05) is 6.61 Å². The average molecular weight is 527 g/mol. The molecule has 208 valence electrons. The Bertz CT molecular complexity index is 502. The SMILES string of the molecule is C=C[Si](C)(OCCCCCCCCCCCCCCCC)O[Si](C)(C=C)OC(CCC)CCCC. The van der Waals surface area contributed by atoms with Gasteiger partial charge in [0.2, 0.25) is 0 Å². The predicted molar refractivity (Wildman–Crippen MR) is 160 cm³/mol. The van der Waals surface area contributed by atoms with Crippen LogP contribution in [0.5, 0.6) is 0 Å². The summed E-state index contributed by atoms with van der Waals surface area (Å²) in [5.74, 6) is 0. The Labute approximate surface area is 223 Å². The van der Waals surface area contributed by atoms with E-state index in [1.54, 1.807) is 0 Å². The molecule has 0 aromatic rings. The molecule has 0 saturated carbocycles. The standard InChI is InChI=1S/C30H62O3Si2/c1-8-13-15-16-17-18-19-20-21-22-23-24-25-26-29-31-34(6,11-4)33-35(7,12-5)32-30(27-10-3)28-14-9-2/h11-12,30H,4-5,8-10,13-29H2,1-3,6-7H3. The van der Waals surface area contributed by atoms with Crippen molar-refractivity contribution in [3.8, 4) is 0 Å². The Morgan fingerprint density at radius 2 is 1.03 bits per heavy atom. The molecule has 3 unspecified atom stereocenters. The van der Waals surface area contributed by atoms with Crippen LogP contribution in [0, 0.1) is 0 Å². The van der Waals surface area contributed by atoms with Crippen LogP contribution in [0.15, 0.2) is 24.6 Å². The first kappa shape index (κ1) is 34.8. The highest BCUT2D eigenvalue weighted by Crippen LogP contribution is 2.24. The highest BCUT2D eigenvalue weighted by Gasteiger charge is 2.41. The summed E-state index contributed by atoms with van der Waals surface area (Å²) in [7, 11) is -4.99. The molecule has 0 aliphatic carbocycles. The molecule has 0 heterocycles. The molecular weight excluding hydrogens is 464 g/mol. The van der Waals surface area contributed by atoms with Crippen molar-refractivity contribution < 1.29 is 13.0 Å². The Hall–Kier alpha value is -0.206. The van der Waals surface area contributed by atoms with Gasteiger partial charge in [0.05, 0.1) is 0 Å². The van der Waals surface area contributed by atoms with Gasteiger partial charge in [0, 0.05) is 12.7 Å². The third kappa shape index (κ3) is 19.6. The highest BCUT2D eigenvalue weighted by molar-refractivity contribution is 6.84. The maximum atomic E-state index is 6.60. The fourth-order valence-electron chi connectivity index (χ4n) is 4.56. The van der Waals surface area contributed by atoms with E-state index in [4.69, 9.17) is 13.0 Å². The molecule has 3 nitrogen and oxygen atoms in total. The minimum absolute atomic E-state index is 0.253. The van der Waals surface area contributed by atoms with Gasteiger partial charge in [0.15, 0.2) is 0 Å². The Balaban J connectivity index is 4.08. The van der Waals surface area contributed by atoms with Crippen LogP contribution in [0.1, 0.15) is 143 Å². The van der Waals surface area contributed by atoms with Gasteiger partial charge >= 0.3 is 17.1 Å². The van der Waals surface area contributed by atoms with Gasteiger partial charge in [-0.3, -0.25) is 0 Å². The van der Waals surface area contributed by atoms with Crippen molar-refractivity contribution in [3.05, 3.63) is 24.6 Å². The first-order valence-electron chi connectivity index (χ1n) is 15.2. The van der Waals surface area contributed by atoms with Crippen LogP contribution in [0.25, 0.3) is 0 Å². The third-order valence-electron chi connectivity index (χ3n) is 6.92. The van der Waals surface area contributed by atoms with E-state index in [0.717, 1.165) is 32.3 Å². The quantitative estimate of drug-likeness (QED) is 0.0786. The Kier molecular flexibility index (Phi) is 22.8. The Morgan fingerprint density at radius 3 is 1.46 bits per heavy atom. The van der Waals surface area contributed by atoms with E-state index >= 15 is 0 Å². The monoisotopic (exact) mass is 526 g/mol. The van der Waals surface area contributed by atoms with Gasteiger partial charge in [0.1, 0.15) is 0 Å². The van der Waals surface area contributed by atoms with Crippen molar-refractivity contribution in [2.45, 2.75) is 162 Å². The lowest BCUT2D eigenvalue weighted by molar-refractivity contribution is 0.127. The summed E-state index contributed by atoms with van der Waals surface area (Å²) in [6.45, 7) is 19.8. The molecular formula is C30H62O3Si2. The summed E-state index contributed by atoms with van der Waals surface area (Å²) >= 11 is 0. The summed E-state index contributed by atoms with van der Waals surface area (Å²) in [6.07, 6.45) is 25.1. The van der Waals surface area contributed by atoms with Crippen molar-refractivity contribution >= 4 is 17.1 Å². The summed E-state index contributed by atoms with van der Waals surface area (Å²) in [5.41, 5.74) is 3.84. The Morgan fingerprint density at radius 1 is 0.571 bits per heavy atom. The highest BCUT2D eigenvalue weighted by atomic mass is 28.5. The maximum absolute atomic E-state index is 6.60. The number of hydrogen-bond donors (Lipinski definition) is 0. The molecule has 3 atom stereocenters. The van der Waals surface area contributed by atoms with Crippen LogP contribution in [-0.4, -0.2) is 29.8 Å². The van der Waals surface area contributed by atoms with E-state index in [0.29, 0.717) is 0 Å². The number of unbranched alkanes of at least 4 members (excludes halogenated alkanes) is 14. The fraction of sp³-hybridized carbons (Fsp3) is 0.867. The van der Waals surface area contributed by atoms with Crippen molar-refractivity contribution in [1.82, 2.24) is 0 Å². The smallest absolute Gasteiger partial charge is 0.352 e. The van der Waals surface area contributed by atoms with Crippen LogP contribution in [0.2, 0.25) is 13.1 Å². The zero-order chi connectivity index (χ0) is 26.3. The largest absolute Gasteiger partial charge is 0.409 e. The van der Waals surface area contributed by atoms with Crippen LogP contribution < -0.4 is 0 Å². The first-order chi connectivity index (χ1) is 16.9. The molecule has 0 radical (unpaired) electrons. The molecule has 0 aliphatic rings. The molecule has 0 fully saturated rings. The number of rotatable bonds is 27. The van der Waals surface area contributed by atoms with Gasteiger partial charge in [-0.25, -0.2) is 0 Å². The minimum atomic E-state index is -2.51. The lowest BCUT2D eigenvalue weighted by atomic mass is 10.0. The summed E-state index contributed by atoms with van der Waals surface area (Å²) < 4.78 is 19.5. The van der Waals surface area contributed by atoms with Gasteiger partial charge in [-0.2, -0.15) is 0 Å². The average Bonchev–Trinajstić information content (AvgIpc) is 2.85. The second kappa shape index (κ2) is 23.0. The molecule has 0 bridgehead atoms. The normalized spacial score (nSPS) is 15.9. The van der Waals surface area contributed by atoms with E-state index in [1.165, 1.54) is 96.3 Å². The molecule has 0 spiro atoms. The summed E-state index contributed by atoms with van der Waals surface area (Å²) in [5, 5.41) is 0. The lowest BCUT2D eigenvalue weighted by Crippen LogP contribution is -2.51. The molecule has 0 aliphatic heterocycles. The molecule has 0 N–H and O–H groups in total. The maximum Gasteiger partial charge on any atom is 0.352 e. The van der Waals surface area contributed by atoms with Crippen LogP contribution >= 0.6 is 0 Å². The second-order valence-corrected chi connectivity index (χ2v) is 16.9. The minimum Gasteiger partial charge on any atom is -0.409 e. The summed E-state index contributed by atoms with van der Waals surface area (Å²) in [6, 6.07) is 0. The molecule has 0 aromatic heterocycles. The van der Waals surface area contributed by atoms with Gasteiger partial charge in [-0.15, -0.1) is 13.2 Å². The molecule has 0 amide bonds. The van der Waals surface area contributed by atoms with Crippen LogP contribution in [0.4, 0.5) is 0 Å². The van der Waals surface area contributed by atoms with Crippen molar-refractivity contribution in [2.24, 2.45) is 0 Å². The van der Waals surface area contributed by atoms with Gasteiger partial charge in [-0.05, 0) is 32.4 Å². The molecule has 0 rings (SSSR count). The van der Waals surface area contributed by atoms with Crippen molar-refractivity contribution in [1.29, 1.82) is 0 Å². The fourth-order valence-corrected chi connectivity index (χ4v) is 10.5. The molecule has 35 heavy (non-hydrogen) atoms. The zero-order valence-corrected chi connectivity index (χ0v) is 26.5. The van der Waals surface area contributed by atoms with Crippen molar-refractivity contribution in [3.63, 3.8) is 0 Å². The first-order valence-corrected chi connectivity index (χ1v) is 20.0.